The zero-order chi connectivity index (χ0) is 22.8. The molecule has 1 aromatic heterocycles. The van der Waals surface area contributed by atoms with Gasteiger partial charge < -0.3 is 15.6 Å². The highest BCUT2D eigenvalue weighted by Crippen LogP contribution is 2.28. The van der Waals surface area contributed by atoms with Gasteiger partial charge in [0.25, 0.3) is 5.56 Å². The summed E-state index contributed by atoms with van der Waals surface area (Å²) in [5.74, 6) is 0.428. The molecule has 1 saturated heterocycles. The number of rotatable bonds is 6. The number of aromatic amines is 1. The van der Waals surface area contributed by atoms with Crippen LogP contribution in [0.3, 0.4) is 0 Å². The number of aromatic nitrogens is 2. The van der Waals surface area contributed by atoms with Crippen LogP contribution in [-0.4, -0.2) is 38.6 Å². The molecule has 3 aromatic rings. The Kier molecular flexibility index (Phi) is 7.19. The first-order valence-corrected chi connectivity index (χ1v) is 13.0. The van der Waals surface area contributed by atoms with E-state index in [9.17, 15) is 13.8 Å². The molecule has 170 valence electrons. The topological polar surface area (TPSA) is 96.0 Å². The molecule has 0 saturated carbocycles. The van der Waals surface area contributed by atoms with Gasteiger partial charge >= 0.3 is 5.69 Å². The lowest BCUT2D eigenvalue weighted by Gasteiger charge is -2.25. The maximum atomic E-state index is 13.2. The van der Waals surface area contributed by atoms with Crippen molar-refractivity contribution in [3.8, 4) is 0 Å². The van der Waals surface area contributed by atoms with Crippen molar-refractivity contribution in [3.05, 3.63) is 66.2 Å². The monoisotopic (exact) mass is 538 g/mol. The van der Waals surface area contributed by atoms with Crippen LogP contribution in [0.25, 0.3) is 10.9 Å². The summed E-state index contributed by atoms with van der Waals surface area (Å²) >= 11 is 9.70. The number of anilines is 1. The van der Waals surface area contributed by atoms with Crippen molar-refractivity contribution < 1.29 is 4.21 Å². The molecule has 1 atom stereocenters. The number of hydrogen-bond acceptors (Lipinski definition) is 5. The van der Waals surface area contributed by atoms with Crippen LogP contribution in [0.5, 0.6) is 0 Å². The minimum Gasteiger partial charge on any atom is -0.381 e. The van der Waals surface area contributed by atoms with Gasteiger partial charge in [-0.3, -0.25) is 13.6 Å². The normalized spacial score (nSPS) is 15.7. The summed E-state index contributed by atoms with van der Waals surface area (Å²) in [5, 5.41) is 7.69. The van der Waals surface area contributed by atoms with Crippen LogP contribution in [0.15, 0.2) is 49.3 Å². The second kappa shape index (κ2) is 9.91. The van der Waals surface area contributed by atoms with Gasteiger partial charge in [-0.15, -0.1) is 0 Å². The number of benzene rings is 2. The molecule has 4 rings (SSSR count). The number of fused-ring (bicyclic) bond motifs is 1. The highest BCUT2D eigenvalue weighted by atomic mass is 79.9. The van der Waals surface area contributed by atoms with Gasteiger partial charge in [0, 0.05) is 26.2 Å². The number of hydrogen-bond donors (Lipinski definition) is 3. The molecule has 2 heterocycles. The lowest BCUT2D eigenvalue weighted by Crippen LogP contribution is -2.36. The second-order valence-corrected chi connectivity index (χ2v) is 10.8. The Balaban J connectivity index is 1.74. The Morgan fingerprint density at radius 3 is 2.69 bits per heavy atom. The minimum absolute atomic E-state index is 0.0154. The molecular formula is C22H24BrClN4O3S. The number of nitrogens with zero attached hydrogens (tertiary/aromatic N) is 1. The Hall–Kier alpha value is -1.94. The highest BCUT2D eigenvalue weighted by molar-refractivity contribution is 9.10. The van der Waals surface area contributed by atoms with E-state index in [0.717, 1.165) is 40.7 Å². The maximum absolute atomic E-state index is 13.2. The third-order valence-electron chi connectivity index (χ3n) is 5.63. The van der Waals surface area contributed by atoms with Crippen molar-refractivity contribution in [3.63, 3.8) is 0 Å². The van der Waals surface area contributed by atoms with Crippen LogP contribution in [0.4, 0.5) is 5.69 Å². The fourth-order valence-corrected chi connectivity index (χ4v) is 5.53. The van der Waals surface area contributed by atoms with Gasteiger partial charge in [0.15, 0.2) is 0 Å². The zero-order valence-electron chi connectivity index (χ0n) is 17.5. The van der Waals surface area contributed by atoms with E-state index in [-0.39, 0.29) is 6.54 Å². The molecular weight excluding hydrogens is 516 g/mol. The van der Waals surface area contributed by atoms with Crippen LogP contribution in [0.2, 0.25) is 5.02 Å². The summed E-state index contributed by atoms with van der Waals surface area (Å²) in [7, 11) is -1.24. The lowest BCUT2D eigenvalue weighted by molar-refractivity contribution is 0.479. The summed E-state index contributed by atoms with van der Waals surface area (Å²) in [6, 6.07) is 8.87. The van der Waals surface area contributed by atoms with Gasteiger partial charge in [0.05, 0.1) is 33.9 Å². The van der Waals surface area contributed by atoms with Crippen LogP contribution < -0.4 is 21.9 Å². The maximum Gasteiger partial charge on any atom is 0.329 e. The average Bonchev–Trinajstić information content (AvgIpc) is 2.78. The van der Waals surface area contributed by atoms with E-state index >= 15 is 0 Å². The molecule has 3 N–H and O–H groups in total. The van der Waals surface area contributed by atoms with Crippen LogP contribution in [0, 0.1) is 0 Å². The van der Waals surface area contributed by atoms with Crippen LogP contribution in [-0.2, 0) is 17.3 Å². The van der Waals surface area contributed by atoms with E-state index in [0.29, 0.717) is 38.2 Å². The number of piperidine rings is 1. The van der Waals surface area contributed by atoms with Crippen molar-refractivity contribution in [2.24, 2.45) is 0 Å². The van der Waals surface area contributed by atoms with Gasteiger partial charge in [0.1, 0.15) is 0 Å². The van der Waals surface area contributed by atoms with E-state index in [1.807, 2.05) is 6.92 Å². The minimum atomic E-state index is -1.24. The molecule has 32 heavy (non-hydrogen) atoms. The first-order valence-electron chi connectivity index (χ1n) is 10.5. The standard InChI is InChI=1S/C22H24BrClN4O3S/c1-2-32(31)20-4-3-14(24)9-13(20)12-28-21(29)16-10-17(23)19(11-18(16)27-22(28)30)26-15-5-7-25-8-6-15/h3-4,9-11,15,25-26H,2,5-8,12H2,1H3,(H,27,30). The molecule has 0 radical (unpaired) electrons. The van der Waals surface area contributed by atoms with Gasteiger partial charge in [-0.05, 0) is 77.8 Å². The van der Waals surface area contributed by atoms with Crippen molar-refractivity contribution in [2.45, 2.75) is 37.2 Å². The molecule has 0 bridgehead atoms. The molecule has 2 aromatic carbocycles. The molecule has 1 fully saturated rings. The van der Waals surface area contributed by atoms with E-state index < -0.39 is 22.0 Å². The first-order chi connectivity index (χ1) is 15.4. The Bertz CT molecular complexity index is 1300. The predicted octanol–water partition coefficient (Wildman–Crippen LogP) is 3.45. The van der Waals surface area contributed by atoms with Gasteiger partial charge in [-0.1, -0.05) is 18.5 Å². The molecule has 0 spiro atoms. The molecule has 7 nitrogen and oxygen atoms in total. The van der Waals surface area contributed by atoms with Crippen molar-refractivity contribution in [2.75, 3.05) is 24.2 Å². The fraction of sp³-hybridized carbons (Fsp3) is 0.364. The zero-order valence-corrected chi connectivity index (χ0v) is 20.7. The largest absolute Gasteiger partial charge is 0.381 e. The summed E-state index contributed by atoms with van der Waals surface area (Å²) < 4.78 is 14.3. The molecule has 1 unspecified atom stereocenters. The molecule has 0 aliphatic carbocycles. The quantitative estimate of drug-likeness (QED) is 0.446. The molecule has 10 heteroatoms. The Morgan fingerprint density at radius 2 is 1.97 bits per heavy atom. The summed E-state index contributed by atoms with van der Waals surface area (Å²) in [6.07, 6.45) is 2.01. The van der Waals surface area contributed by atoms with Crippen LogP contribution in [0.1, 0.15) is 25.3 Å². The summed E-state index contributed by atoms with van der Waals surface area (Å²) in [6.45, 7) is 3.71. The number of H-pyrrole nitrogens is 1. The van der Waals surface area contributed by atoms with E-state index in [1.165, 1.54) is 0 Å². The van der Waals surface area contributed by atoms with Crippen molar-refractivity contribution in [1.82, 2.24) is 14.9 Å². The van der Waals surface area contributed by atoms with E-state index in [2.05, 4.69) is 31.5 Å². The Labute approximate surface area is 201 Å². The number of nitrogens with one attached hydrogen (secondary N) is 3. The van der Waals surface area contributed by atoms with Gasteiger partial charge in [-0.25, -0.2) is 4.79 Å². The van der Waals surface area contributed by atoms with Crippen molar-refractivity contribution >= 4 is 54.9 Å². The van der Waals surface area contributed by atoms with Gasteiger partial charge in [0.2, 0.25) is 0 Å². The SMILES string of the molecule is CCS(=O)c1ccc(Cl)cc1Cn1c(=O)[nH]c2cc(NC3CCNCC3)c(Br)cc2c1=O. The van der Waals surface area contributed by atoms with Crippen LogP contribution >= 0.6 is 27.5 Å². The smallest absolute Gasteiger partial charge is 0.329 e. The summed E-state index contributed by atoms with van der Waals surface area (Å²) in [5.41, 5.74) is 0.969. The van der Waals surface area contributed by atoms with E-state index in [4.69, 9.17) is 11.6 Å². The molecule has 0 amide bonds. The third-order valence-corrected chi connectivity index (χ3v) is 7.93. The second-order valence-electron chi connectivity index (χ2n) is 7.75. The predicted molar refractivity (Wildman–Crippen MR) is 134 cm³/mol. The van der Waals surface area contributed by atoms with Gasteiger partial charge in [-0.2, -0.15) is 0 Å². The van der Waals surface area contributed by atoms with E-state index in [1.54, 1.807) is 30.3 Å². The summed E-state index contributed by atoms with van der Waals surface area (Å²) in [4.78, 5) is 29.5. The highest BCUT2D eigenvalue weighted by Gasteiger charge is 2.17. The first kappa shape index (κ1) is 23.2. The average molecular weight is 540 g/mol. The third kappa shape index (κ3) is 4.85. The lowest BCUT2D eigenvalue weighted by atomic mass is 10.1. The fourth-order valence-electron chi connectivity index (χ4n) is 3.93. The number of halogens is 2. The van der Waals surface area contributed by atoms with Crippen molar-refractivity contribution in [1.29, 1.82) is 0 Å². The molecule has 1 aliphatic rings. The Morgan fingerprint density at radius 1 is 1.22 bits per heavy atom. The molecule has 1 aliphatic heterocycles.